The van der Waals surface area contributed by atoms with Crippen LogP contribution in [0.3, 0.4) is 0 Å². The second kappa shape index (κ2) is 6.60. The second-order valence-electron chi connectivity index (χ2n) is 5.63. The van der Waals surface area contributed by atoms with Crippen LogP contribution in [0.5, 0.6) is 5.75 Å². The number of fused-ring (bicyclic) bond motifs is 2. The summed E-state index contributed by atoms with van der Waals surface area (Å²) < 4.78 is 31.3. The molecule has 0 spiro atoms. The van der Waals surface area contributed by atoms with Crippen LogP contribution in [0, 0.1) is 0 Å². The van der Waals surface area contributed by atoms with Crippen molar-refractivity contribution >= 4 is 50.4 Å². The number of nitrogens with zero attached hydrogens (tertiary/aromatic N) is 2. The summed E-state index contributed by atoms with van der Waals surface area (Å²) in [4.78, 5) is 4.40. The van der Waals surface area contributed by atoms with E-state index < -0.39 is 11.3 Å². The third-order valence-electron chi connectivity index (χ3n) is 4.14. The van der Waals surface area contributed by atoms with Crippen molar-refractivity contribution in [3.8, 4) is 11.4 Å². The van der Waals surface area contributed by atoms with Gasteiger partial charge in [0, 0.05) is 46.2 Å². The molecule has 4 rings (SSSR count). The first-order valence-corrected chi connectivity index (χ1v) is 9.12. The van der Waals surface area contributed by atoms with Gasteiger partial charge in [-0.05, 0) is 36.4 Å². The molecule has 0 radical (unpaired) electrons. The van der Waals surface area contributed by atoms with Gasteiger partial charge in [0.25, 0.3) is 0 Å². The van der Waals surface area contributed by atoms with Crippen LogP contribution in [-0.2, 0) is 11.3 Å². The molecule has 8 heteroatoms. The van der Waals surface area contributed by atoms with E-state index in [-0.39, 0.29) is 0 Å². The van der Waals surface area contributed by atoms with E-state index in [4.69, 9.17) is 16.3 Å². The fraction of sp³-hybridized carbons (Fsp3) is 0.0556. The number of pyridine rings is 1. The highest BCUT2D eigenvalue weighted by Gasteiger charge is 2.12. The summed E-state index contributed by atoms with van der Waals surface area (Å²) in [6, 6.07) is 12.8. The molecule has 0 saturated heterocycles. The quantitative estimate of drug-likeness (QED) is 0.537. The molecule has 2 aromatic heterocycles. The Hall–Kier alpha value is -2.61. The van der Waals surface area contributed by atoms with E-state index in [1.54, 1.807) is 25.4 Å². The molecule has 132 valence electrons. The average molecular weight is 387 g/mol. The smallest absolute Gasteiger partial charge is 0.121 e. The Morgan fingerprint density at radius 3 is 2.81 bits per heavy atom. The van der Waals surface area contributed by atoms with Gasteiger partial charge in [-0.1, -0.05) is 11.6 Å². The summed E-state index contributed by atoms with van der Waals surface area (Å²) >= 11 is 4.01. The van der Waals surface area contributed by atoms with E-state index in [9.17, 15) is 8.76 Å². The van der Waals surface area contributed by atoms with E-state index in [1.807, 2.05) is 41.1 Å². The number of benzene rings is 2. The normalized spacial score (nSPS) is 12.4. The molecule has 2 heterocycles. The molecule has 26 heavy (non-hydrogen) atoms. The number of anilines is 1. The summed E-state index contributed by atoms with van der Waals surface area (Å²) in [5.74, 6) is 0.735. The molecular weight excluding hydrogens is 374 g/mol. The van der Waals surface area contributed by atoms with Crippen molar-refractivity contribution in [1.82, 2.24) is 9.55 Å². The van der Waals surface area contributed by atoms with Gasteiger partial charge in [-0.15, -0.1) is 0 Å². The number of methoxy groups -OCH3 is 1. The van der Waals surface area contributed by atoms with Crippen LogP contribution < -0.4 is 9.46 Å². The minimum Gasteiger partial charge on any atom is -0.755 e. The molecule has 2 aromatic carbocycles. The minimum atomic E-state index is -2.39. The molecule has 0 saturated carbocycles. The predicted octanol–water partition coefficient (Wildman–Crippen LogP) is 4.05. The molecule has 0 aliphatic heterocycles. The summed E-state index contributed by atoms with van der Waals surface area (Å²) in [6.07, 6.45) is 3.54. The first kappa shape index (κ1) is 16.8. The zero-order chi connectivity index (χ0) is 18.3. The van der Waals surface area contributed by atoms with Crippen molar-refractivity contribution < 1.29 is 13.5 Å². The van der Waals surface area contributed by atoms with Crippen molar-refractivity contribution in [2.45, 2.75) is 0 Å². The van der Waals surface area contributed by atoms with Crippen LogP contribution in [-0.4, -0.2) is 25.4 Å². The molecule has 1 N–H and O–H groups in total. The molecule has 6 nitrogen and oxygen atoms in total. The number of halogens is 1. The number of hydrogen-bond donors (Lipinski definition) is 1. The van der Waals surface area contributed by atoms with Gasteiger partial charge in [-0.2, -0.15) is 0 Å². The van der Waals surface area contributed by atoms with Crippen LogP contribution in [0.15, 0.2) is 54.9 Å². The number of aromatic nitrogens is 2. The first-order valence-electron chi connectivity index (χ1n) is 7.66. The van der Waals surface area contributed by atoms with Crippen molar-refractivity contribution in [2.24, 2.45) is 0 Å². The number of hydrogen-bond acceptors (Lipinski definition) is 4. The maximum atomic E-state index is 10.8. The lowest BCUT2D eigenvalue weighted by molar-refractivity contribution is 0.415. The topological polar surface area (TPSA) is 79.2 Å². The van der Waals surface area contributed by atoms with E-state index >= 15 is 0 Å². The van der Waals surface area contributed by atoms with Gasteiger partial charge in [-0.3, -0.25) is 9.19 Å². The zero-order valence-corrected chi connectivity index (χ0v) is 15.2. The largest absolute Gasteiger partial charge is 0.755 e. The van der Waals surface area contributed by atoms with Crippen molar-refractivity contribution in [2.75, 3.05) is 11.8 Å². The highest BCUT2D eigenvalue weighted by atomic mass is 35.5. The van der Waals surface area contributed by atoms with Crippen molar-refractivity contribution in [3.63, 3.8) is 0 Å². The lowest BCUT2D eigenvalue weighted by atomic mass is 10.1. The first-order chi connectivity index (χ1) is 12.6. The standard InChI is InChI=1S/C18H14ClN3O3S/c1-25-12-3-4-13-16(9-12)20-7-6-18(13)22-10-15(19)14-8-11(21-26(23)24)2-5-17(14)22/h2-10,21H,1H3,(H,23,24)/p-1. The average Bonchev–Trinajstić information content (AvgIpc) is 2.96. The molecule has 0 amide bonds. The molecule has 1 unspecified atom stereocenters. The maximum Gasteiger partial charge on any atom is 0.121 e. The van der Waals surface area contributed by atoms with Crippen LogP contribution in [0.4, 0.5) is 5.69 Å². The van der Waals surface area contributed by atoms with Crippen LogP contribution in [0.2, 0.25) is 5.02 Å². The third-order valence-corrected chi connectivity index (χ3v) is 4.85. The fourth-order valence-corrected chi connectivity index (χ4v) is 3.57. The van der Waals surface area contributed by atoms with Gasteiger partial charge >= 0.3 is 0 Å². The highest BCUT2D eigenvalue weighted by Crippen LogP contribution is 2.33. The molecular formula is C18H13ClN3O3S-. The maximum absolute atomic E-state index is 10.8. The summed E-state index contributed by atoms with van der Waals surface area (Å²) in [5, 5.41) is 2.23. The Kier molecular flexibility index (Phi) is 4.28. The van der Waals surface area contributed by atoms with Crippen LogP contribution >= 0.6 is 11.6 Å². The van der Waals surface area contributed by atoms with Crippen molar-refractivity contribution in [1.29, 1.82) is 0 Å². The molecule has 0 aliphatic rings. The van der Waals surface area contributed by atoms with Crippen LogP contribution in [0.25, 0.3) is 27.5 Å². The van der Waals surface area contributed by atoms with E-state index in [2.05, 4.69) is 9.71 Å². The molecule has 0 fully saturated rings. The highest BCUT2D eigenvalue weighted by molar-refractivity contribution is 7.80. The Morgan fingerprint density at radius 1 is 1.19 bits per heavy atom. The van der Waals surface area contributed by atoms with Gasteiger partial charge in [0.2, 0.25) is 0 Å². The second-order valence-corrected chi connectivity index (χ2v) is 6.71. The molecule has 0 aliphatic carbocycles. The Bertz CT molecular complexity index is 1160. The SMILES string of the molecule is COc1ccc2c(-n3cc(Cl)c4cc(NS(=O)[O-])ccc43)ccnc2c1. The Balaban J connectivity index is 1.92. The summed E-state index contributed by atoms with van der Waals surface area (Å²) in [6.45, 7) is 0. The lowest BCUT2D eigenvalue weighted by Crippen LogP contribution is -2.02. The lowest BCUT2D eigenvalue weighted by Gasteiger charge is -2.11. The number of rotatable bonds is 4. The van der Waals surface area contributed by atoms with Crippen LogP contribution in [0.1, 0.15) is 0 Å². The third kappa shape index (κ3) is 2.90. The van der Waals surface area contributed by atoms with Crippen molar-refractivity contribution in [3.05, 3.63) is 59.9 Å². The minimum absolute atomic E-state index is 0.454. The summed E-state index contributed by atoms with van der Waals surface area (Å²) in [5.41, 5.74) is 3.04. The van der Waals surface area contributed by atoms with Gasteiger partial charge < -0.3 is 18.6 Å². The monoisotopic (exact) mass is 386 g/mol. The van der Waals surface area contributed by atoms with Gasteiger partial charge in [-0.25, -0.2) is 0 Å². The zero-order valence-electron chi connectivity index (χ0n) is 13.6. The van der Waals surface area contributed by atoms with Gasteiger partial charge in [0.05, 0.1) is 28.9 Å². The predicted molar refractivity (Wildman–Crippen MR) is 103 cm³/mol. The van der Waals surface area contributed by atoms with Gasteiger partial charge in [0.15, 0.2) is 0 Å². The number of ether oxygens (including phenoxy) is 1. The van der Waals surface area contributed by atoms with Gasteiger partial charge in [0.1, 0.15) is 5.75 Å². The molecule has 0 bridgehead atoms. The van der Waals surface area contributed by atoms with E-state index in [1.165, 1.54) is 0 Å². The number of nitrogens with one attached hydrogen (secondary N) is 1. The fourth-order valence-electron chi connectivity index (χ4n) is 3.00. The van der Waals surface area contributed by atoms with E-state index in [0.717, 1.165) is 33.2 Å². The van der Waals surface area contributed by atoms with E-state index in [0.29, 0.717) is 10.7 Å². The Morgan fingerprint density at radius 2 is 2.04 bits per heavy atom. The molecule has 1 atom stereocenters. The Labute approximate surface area is 156 Å². The summed E-state index contributed by atoms with van der Waals surface area (Å²) in [7, 11) is 1.62. The molecule has 4 aromatic rings.